The van der Waals surface area contributed by atoms with Crippen molar-refractivity contribution < 1.29 is 24.5 Å². The molecule has 0 saturated carbocycles. The number of carbonyl (C=O) groups is 2. The number of hydrogen-bond acceptors (Lipinski definition) is 5. The predicted molar refractivity (Wildman–Crippen MR) is 292 cm³/mol. The summed E-state index contributed by atoms with van der Waals surface area (Å²) >= 11 is 0. The third-order valence-electron chi connectivity index (χ3n) is 13.4. The lowest BCUT2D eigenvalue weighted by atomic mass is 10.0. The molecule has 1 amide bonds. The van der Waals surface area contributed by atoms with E-state index in [1.165, 1.54) is 205 Å². The first kappa shape index (κ1) is 64.8. The van der Waals surface area contributed by atoms with Crippen LogP contribution in [-0.2, 0) is 14.3 Å². The summed E-state index contributed by atoms with van der Waals surface area (Å²) in [5.41, 5.74) is 0. The first-order chi connectivity index (χ1) is 33.0. The van der Waals surface area contributed by atoms with Crippen molar-refractivity contribution in [3.05, 3.63) is 48.6 Å². The summed E-state index contributed by atoms with van der Waals surface area (Å²) in [4.78, 5) is 24.5. The molecule has 0 rings (SSSR count). The number of aliphatic hydroxyl groups is 2. The Bertz CT molecular complexity index is 1130. The van der Waals surface area contributed by atoms with Crippen LogP contribution in [0.3, 0.4) is 0 Å². The van der Waals surface area contributed by atoms with E-state index in [2.05, 4.69) is 67.8 Å². The molecule has 2 atom stereocenters. The molecule has 6 nitrogen and oxygen atoms in total. The molecule has 0 spiro atoms. The highest BCUT2D eigenvalue weighted by atomic mass is 16.5. The molecule has 0 fully saturated rings. The van der Waals surface area contributed by atoms with Gasteiger partial charge in [-0.25, -0.2) is 0 Å². The number of unbranched alkanes of at least 4 members (excludes halogenated alkanes) is 35. The molecule has 6 heteroatoms. The number of ether oxygens (including phenoxy) is 1. The van der Waals surface area contributed by atoms with E-state index in [0.29, 0.717) is 25.9 Å². The summed E-state index contributed by atoms with van der Waals surface area (Å²) in [5, 5.41) is 23.2. The van der Waals surface area contributed by atoms with Crippen LogP contribution in [0.25, 0.3) is 0 Å². The summed E-state index contributed by atoms with van der Waals surface area (Å²) in [6.45, 7) is 4.82. The first-order valence-corrected chi connectivity index (χ1v) is 29.4. The maximum absolute atomic E-state index is 12.5. The Balaban J connectivity index is 3.46. The van der Waals surface area contributed by atoms with Crippen LogP contribution in [0.2, 0.25) is 0 Å². The molecular weight excluding hydrogens is 827 g/mol. The molecule has 0 aromatic rings. The highest BCUT2D eigenvalue weighted by molar-refractivity contribution is 5.76. The molecule has 392 valence electrons. The molecule has 0 saturated heterocycles. The fourth-order valence-electron chi connectivity index (χ4n) is 8.86. The molecule has 0 heterocycles. The summed E-state index contributed by atoms with van der Waals surface area (Å²) in [5.74, 6) is -0.0894. The summed E-state index contributed by atoms with van der Waals surface area (Å²) in [7, 11) is 0. The van der Waals surface area contributed by atoms with E-state index in [4.69, 9.17) is 4.74 Å². The van der Waals surface area contributed by atoms with Crippen molar-refractivity contribution in [1.29, 1.82) is 0 Å². The normalized spacial score (nSPS) is 13.0. The van der Waals surface area contributed by atoms with Crippen LogP contribution in [-0.4, -0.2) is 47.4 Å². The van der Waals surface area contributed by atoms with Crippen molar-refractivity contribution in [2.45, 2.75) is 315 Å². The van der Waals surface area contributed by atoms with Gasteiger partial charge in [0.15, 0.2) is 0 Å². The molecule has 0 aliphatic carbocycles. The van der Waals surface area contributed by atoms with E-state index in [1.54, 1.807) is 0 Å². The van der Waals surface area contributed by atoms with Gasteiger partial charge in [-0.2, -0.15) is 0 Å². The zero-order valence-electron chi connectivity index (χ0n) is 44.6. The number of amides is 1. The highest BCUT2D eigenvalue weighted by Gasteiger charge is 2.20. The smallest absolute Gasteiger partial charge is 0.305 e. The van der Waals surface area contributed by atoms with Gasteiger partial charge in [0.2, 0.25) is 5.91 Å². The number of aliphatic hydroxyl groups excluding tert-OH is 2. The van der Waals surface area contributed by atoms with Gasteiger partial charge < -0.3 is 20.3 Å². The van der Waals surface area contributed by atoms with E-state index < -0.39 is 12.1 Å². The third-order valence-corrected chi connectivity index (χ3v) is 13.4. The lowest BCUT2D eigenvalue weighted by molar-refractivity contribution is -0.143. The average molecular weight is 941 g/mol. The Morgan fingerprint density at radius 3 is 1.15 bits per heavy atom. The molecule has 0 radical (unpaired) electrons. The van der Waals surface area contributed by atoms with Crippen LogP contribution >= 0.6 is 0 Å². The highest BCUT2D eigenvalue weighted by Crippen LogP contribution is 2.17. The Hall–Kier alpha value is -2.18. The number of carbonyl (C=O) groups excluding carboxylic acids is 2. The zero-order chi connectivity index (χ0) is 48.6. The van der Waals surface area contributed by atoms with Crippen LogP contribution in [0.15, 0.2) is 48.6 Å². The molecule has 0 aliphatic heterocycles. The van der Waals surface area contributed by atoms with E-state index in [9.17, 15) is 19.8 Å². The minimum Gasteiger partial charge on any atom is -0.465 e. The van der Waals surface area contributed by atoms with Crippen molar-refractivity contribution in [3.8, 4) is 0 Å². The van der Waals surface area contributed by atoms with Gasteiger partial charge in [0, 0.05) is 12.8 Å². The van der Waals surface area contributed by atoms with Crippen molar-refractivity contribution in [2.24, 2.45) is 0 Å². The fourth-order valence-corrected chi connectivity index (χ4v) is 8.86. The average Bonchev–Trinajstić information content (AvgIpc) is 3.33. The quantitative estimate of drug-likeness (QED) is 0.0321. The zero-order valence-corrected chi connectivity index (χ0v) is 44.6. The van der Waals surface area contributed by atoms with Gasteiger partial charge in [0.05, 0.1) is 25.4 Å². The van der Waals surface area contributed by atoms with Crippen LogP contribution in [0, 0.1) is 0 Å². The van der Waals surface area contributed by atoms with Gasteiger partial charge >= 0.3 is 5.97 Å². The molecule has 67 heavy (non-hydrogen) atoms. The van der Waals surface area contributed by atoms with Crippen molar-refractivity contribution in [1.82, 2.24) is 5.32 Å². The van der Waals surface area contributed by atoms with Gasteiger partial charge in [-0.15, -0.1) is 0 Å². The van der Waals surface area contributed by atoms with Crippen molar-refractivity contribution in [3.63, 3.8) is 0 Å². The van der Waals surface area contributed by atoms with Crippen molar-refractivity contribution in [2.75, 3.05) is 13.2 Å². The Kier molecular flexibility index (Phi) is 54.6. The number of nitrogens with one attached hydrogen (secondary N) is 1. The van der Waals surface area contributed by atoms with Crippen LogP contribution in [0.4, 0.5) is 0 Å². The SMILES string of the molecule is CCCCCC/C=C\C/C=C\CCCCCCCC(=O)OCC/C=C\C/C=C\CCCCCCCCCCCCCCCCC(=O)NC(CO)C(O)CCCCCCCCCCCCCCC. The molecule has 2 unspecified atom stereocenters. The predicted octanol–water partition coefficient (Wildman–Crippen LogP) is 18.2. The third kappa shape index (κ3) is 53.0. The van der Waals surface area contributed by atoms with E-state index in [0.717, 1.165) is 64.2 Å². The van der Waals surface area contributed by atoms with Crippen LogP contribution in [0.1, 0.15) is 303 Å². The van der Waals surface area contributed by atoms with E-state index in [-0.39, 0.29) is 18.5 Å². The standard InChI is InChI=1S/C61H113NO5/c1-3-5-7-9-11-13-15-17-18-27-31-35-39-43-47-51-55-61(66)67-56-52-48-44-40-36-32-28-25-23-21-19-20-22-24-26-30-34-38-42-46-50-54-60(65)62-58(57-63)59(64)53-49-45-41-37-33-29-16-14-12-10-8-6-4-2/h13,15,18,27,32,36,44,48,58-59,63-64H,3-12,14,16-17,19-26,28-31,33-35,37-43,45-47,49-57H2,1-2H3,(H,62,65)/b15-13-,27-18-,36-32-,48-44-. The van der Waals surface area contributed by atoms with E-state index in [1.807, 2.05) is 0 Å². The Labute approximate surface area is 416 Å². The lowest BCUT2D eigenvalue weighted by Crippen LogP contribution is -2.45. The second kappa shape index (κ2) is 56.4. The van der Waals surface area contributed by atoms with Crippen LogP contribution in [0.5, 0.6) is 0 Å². The largest absolute Gasteiger partial charge is 0.465 e. The lowest BCUT2D eigenvalue weighted by Gasteiger charge is -2.22. The molecule has 0 bridgehead atoms. The minimum absolute atomic E-state index is 0.0403. The van der Waals surface area contributed by atoms with Gasteiger partial charge in [-0.3, -0.25) is 9.59 Å². The number of hydrogen-bond donors (Lipinski definition) is 3. The Morgan fingerprint density at radius 2 is 0.746 bits per heavy atom. The minimum atomic E-state index is -0.668. The summed E-state index contributed by atoms with van der Waals surface area (Å²) in [6, 6.07) is -0.546. The summed E-state index contributed by atoms with van der Waals surface area (Å²) in [6.07, 6.45) is 71.2. The van der Waals surface area contributed by atoms with Crippen molar-refractivity contribution >= 4 is 11.9 Å². The molecule has 0 aliphatic rings. The molecule has 3 N–H and O–H groups in total. The van der Waals surface area contributed by atoms with E-state index >= 15 is 0 Å². The fraction of sp³-hybridized carbons (Fsp3) is 0.836. The number of rotatable bonds is 54. The first-order valence-electron chi connectivity index (χ1n) is 29.4. The van der Waals surface area contributed by atoms with Gasteiger partial charge in [0.25, 0.3) is 0 Å². The maximum Gasteiger partial charge on any atom is 0.305 e. The summed E-state index contributed by atoms with van der Waals surface area (Å²) < 4.78 is 5.41. The van der Waals surface area contributed by atoms with Gasteiger partial charge in [-0.1, -0.05) is 262 Å². The molecular formula is C61H113NO5. The Morgan fingerprint density at radius 1 is 0.418 bits per heavy atom. The monoisotopic (exact) mass is 940 g/mol. The number of allylic oxidation sites excluding steroid dienone is 7. The van der Waals surface area contributed by atoms with Gasteiger partial charge in [0.1, 0.15) is 0 Å². The van der Waals surface area contributed by atoms with Crippen LogP contribution < -0.4 is 5.32 Å². The molecule has 0 aromatic carbocycles. The number of esters is 1. The topological polar surface area (TPSA) is 95.9 Å². The second-order valence-electron chi connectivity index (χ2n) is 20.0. The maximum atomic E-state index is 12.5. The van der Waals surface area contributed by atoms with Gasteiger partial charge in [-0.05, 0) is 77.0 Å². The second-order valence-corrected chi connectivity index (χ2v) is 20.0. The molecule has 0 aromatic heterocycles.